The minimum Gasteiger partial charge on any atom is -0.497 e. The Bertz CT molecular complexity index is 589. The maximum Gasteiger partial charge on any atom is 0.233 e. The van der Waals surface area contributed by atoms with E-state index in [1.165, 1.54) is 0 Å². The number of hydrogen-bond donors (Lipinski definition) is 1. The smallest absolute Gasteiger partial charge is 0.233 e. The van der Waals surface area contributed by atoms with Crippen molar-refractivity contribution >= 4 is 18.3 Å². The number of halogens is 1. The first-order chi connectivity index (χ1) is 11.2. The minimum atomic E-state index is -0.319. The lowest BCUT2D eigenvalue weighted by atomic mass is 9.77. The van der Waals surface area contributed by atoms with E-state index in [2.05, 4.69) is 22.3 Å². The molecule has 5 heteroatoms. The number of likely N-dealkylation sites (tertiary alicyclic amines) is 1. The van der Waals surface area contributed by atoms with Crippen LogP contribution in [0.1, 0.15) is 31.2 Å². The third-order valence-corrected chi connectivity index (χ3v) is 6.17. The van der Waals surface area contributed by atoms with Gasteiger partial charge in [-0.3, -0.25) is 4.79 Å². The van der Waals surface area contributed by atoms with E-state index in [0.717, 1.165) is 63.2 Å². The van der Waals surface area contributed by atoms with Gasteiger partial charge in [-0.1, -0.05) is 25.0 Å². The molecule has 1 N–H and O–H groups in total. The van der Waals surface area contributed by atoms with Gasteiger partial charge < -0.3 is 15.0 Å². The van der Waals surface area contributed by atoms with Crippen molar-refractivity contribution in [2.24, 2.45) is 11.8 Å². The van der Waals surface area contributed by atoms with Crippen LogP contribution in [0, 0.1) is 11.8 Å². The average Bonchev–Trinajstić information content (AvgIpc) is 3.30. The Hall–Kier alpha value is -1.26. The number of carbonyl (C=O) groups excluding carboxylic acids is 1. The van der Waals surface area contributed by atoms with E-state index in [9.17, 15) is 4.79 Å². The molecule has 24 heavy (non-hydrogen) atoms. The fourth-order valence-electron chi connectivity index (χ4n) is 4.85. The first kappa shape index (κ1) is 17.6. The van der Waals surface area contributed by atoms with Crippen molar-refractivity contribution in [2.45, 2.75) is 31.1 Å². The lowest BCUT2D eigenvalue weighted by Gasteiger charge is -2.33. The van der Waals surface area contributed by atoms with E-state index < -0.39 is 0 Å². The molecule has 2 heterocycles. The summed E-state index contributed by atoms with van der Waals surface area (Å²) in [6.45, 7) is 4.01. The maximum absolute atomic E-state index is 13.5. The summed E-state index contributed by atoms with van der Waals surface area (Å²) in [4.78, 5) is 15.6. The zero-order chi connectivity index (χ0) is 15.9. The number of amides is 1. The monoisotopic (exact) mass is 350 g/mol. The van der Waals surface area contributed by atoms with Crippen LogP contribution in [0.3, 0.4) is 0 Å². The van der Waals surface area contributed by atoms with Gasteiger partial charge in [0.1, 0.15) is 5.75 Å². The largest absolute Gasteiger partial charge is 0.497 e. The van der Waals surface area contributed by atoms with Gasteiger partial charge in [0, 0.05) is 26.2 Å². The molecule has 3 fully saturated rings. The van der Waals surface area contributed by atoms with Gasteiger partial charge in [-0.2, -0.15) is 0 Å². The predicted molar refractivity (Wildman–Crippen MR) is 96.8 cm³/mol. The topological polar surface area (TPSA) is 41.6 Å². The highest BCUT2D eigenvalue weighted by atomic mass is 35.5. The molecule has 1 amide bonds. The summed E-state index contributed by atoms with van der Waals surface area (Å²) in [5, 5.41) is 3.46. The molecule has 0 bridgehead atoms. The summed E-state index contributed by atoms with van der Waals surface area (Å²) in [7, 11) is 1.69. The molecule has 3 aliphatic rings. The number of hydrogen-bond acceptors (Lipinski definition) is 3. The van der Waals surface area contributed by atoms with Crippen LogP contribution in [-0.4, -0.2) is 44.1 Å². The van der Waals surface area contributed by atoms with Gasteiger partial charge >= 0.3 is 0 Å². The van der Waals surface area contributed by atoms with Crippen molar-refractivity contribution in [3.63, 3.8) is 0 Å². The maximum atomic E-state index is 13.5. The molecule has 0 spiro atoms. The minimum absolute atomic E-state index is 0. The Morgan fingerprint density at radius 2 is 1.88 bits per heavy atom. The molecule has 0 aromatic heterocycles. The molecule has 1 aliphatic carbocycles. The molecule has 2 aliphatic heterocycles. The molecule has 1 saturated carbocycles. The quantitative estimate of drug-likeness (QED) is 0.911. The first-order valence-corrected chi connectivity index (χ1v) is 8.87. The van der Waals surface area contributed by atoms with Crippen molar-refractivity contribution in [1.82, 2.24) is 10.2 Å². The van der Waals surface area contributed by atoms with Crippen molar-refractivity contribution in [2.75, 3.05) is 33.3 Å². The summed E-state index contributed by atoms with van der Waals surface area (Å²) < 4.78 is 5.39. The van der Waals surface area contributed by atoms with Gasteiger partial charge in [-0.05, 0) is 42.4 Å². The van der Waals surface area contributed by atoms with Crippen LogP contribution in [0.4, 0.5) is 0 Å². The number of nitrogens with zero attached hydrogens (tertiary/aromatic N) is 1. The molecule has 4 rings (SSSR count). The van der Waals surface area contributed by atoms with Crippen molar-refractivity contribution in [3.8, 4) is 5.75 Å². The van der Waals surface area contributed by atoms with Gasteiger partial charge in [0.05, 0.1) is 12.5 Å². The zero-order valence-corrected chi connectivity index (χ0v) is 15.1. The number of fused-ring (bicyclic) bond motifs is 1. The van der Waals surface area contributed by atoms with Crippen molar-refractivity contribution in [3.05, 3.63) is 29.8 Å². The third kappa shape index (κ3) is 2.80. The Morgan fingerprint density at radius 3 is 2.50 bits per heavy atom. The number of nitrogens with one attached hydrogen (secondary N) is 1. The Labute approximate surface area is 150 Å². The summed E-state index contributed by atoms with van der Waals surface area (Å²) >= 11 is 0. The molecular formula is C19H27ClN2O2. The molecule has 4 nitrogen and oxygen atoms in total. The standard InChI is InChI=1S/C19H26N2O2.ClH/c1-23-17-6-4-5-16(9-17)19(7-2-3-8-19)18(22)21-12-14-10-20-11-15(14)13-21;/h4-6,9,14-15,20H,2-3,7-8,10-13H2,1H3;1H/t14-,15+;. The Balaban J connectivity index is 0.00000169. The van der Waals surface area contributed by atoms with Crippen LogP contribution >= 0.6 is 12.4 Å². The molecular weight excluding hydrogens is 324 g/mol. The normalized spacial score (nSPS) is 27.6. The summed E-state index contributed by atoms with van der Waals surface area (Å²) in [6, 6.07) is 8.17. The molecule has 1 aromatic rings. The number of ether oxygens (including phenoxy) is 1. The summed E-state index contributed by atoms with van der Waals surface area (Å²) in [6.07, 6.45) is 4.24. The SMILES string of the molecule is COc1cccc(C2(C(=O)N3C[C@H]4CNC[C@H]4C3)CCCC2)c1.Cl. The van der Waals surface area contributed by atoms with Crippen LogP contribution in [-0.2, 0) is 10.2 Å². The fraction of sp³-hybridized carbons (Fsp3) is 0.632. The van der Waals surface area contributed by atoms with E-state index in [0.29, 0.717) is 17.7 Å². The highest BCUT2D eigenvalue weighted by Crippen LogP contribution is 2.44. The second kappa shape index (κ2) is 6.93. The summed E-state index contributed by atoms with van der Waals surface area (Å²) in [5.41, 5.74) is 0.829. The highest BCUT2D eigenvalue weighted by Gasteiger charge is 2.48. The van der Waals surface area contributed by atoms with Crippen LogP contribution in [0.5, 0.6) is 5.75 Å². The molecule has 0 radical (unpaired) electrons. The molecule has 132 valence electrons. The van der Waals surface area contributed by atoms with Crippen LogP contribution in [0.2, 0.25) is 0 Å². The van der Waals surface area contributed by atoms with Crippen molar-refractivity contribution < 1.29 is 9.53 Å². The second-order valence-electron chi connectivity index (χ2n) is 7.41. The van der Waals surface area contributed by atoms with Crippen LogP contribution in [0.15, 0.2) is 24.3 Å². The molecule has 1 aromatic carbocycles. The number of rotatable bonds is 3. The third-order valence-electron chi connectivity index (χ3n) is 6.17. The van der Waals surface area contributed by atoms with Gasteiger partial charge in [0.2, 0.25) is 5.91 Å². The van der Waals surface area contributed by atoms with E-state index in [1.807, 2.05) is 12.1 Å². The lowest BCUT2D eigenvalue weighted by Crippen LogP contribution is -2.45. The fourth-order valence-corrected chi connectivity index (χ4v) is 4.85. The van der Waals surface area contributed by atoms with E-state index in [1.54, 1.807) is 7.11 Å². The van der Waals surface area contributed by atoms with E-state index in [-0.39, 0.29) is 17.8 Å². The van der Waals surface area contributed by atoms with Crippen LogP contribution < -0.4 is 10.1 Å². The first-order valence-electron chi connectivity index (χ1n) is 8.87. The highest BCUT2D eigenvalue weighted by molar-refractivity contribution is 5.89. The number of carbonyl (C=O) groups is 1. The van der Waals surface area contributed by atoms with Crippen molar-refractivity contribution in [1.29, 1.82) is 0 Å². The Kier molecular flexibility index (Phi) is 5.07. The van der Waals surface area contributed by atoms with Gasteiger partial charge in [0.25, 0.3) is 0 Å². The van der Waals surface area contributed by atoms with Gasteiger partial charge in [-0.25, -0.2) is 0 Å². The Morgan fingerprint density at radius 1 is 1.21 bits per heavy atom. The predicted octanol–water partition coefficient (Wildman–Crippen LogP) is 2.61. The van der Waals surface area contributed by atoms with E-state index >= 15 is 0 Å². The lowest BCUT2D eigenvalue weighted by molar-refractivity contribution is -0.136. The zero-order valence-electron chi connectivity index (χ0n) is 14.3. The molecule has 2 atom stereocenters. The number of methoxy groups -OCH3 is 1. The number of benzene rings is 1. The molecule has 2 saturated heterocycles. The van der Waals surface area contributed by atoms with Crippen LogP contribution in [0.25, 0.3) is 0 Å². The molecule has 0 unspecified atom stereocenters. The van der Waals surface area contributed by atoms with Gasteiger partial charge in [0.15, 0.2) is 0 Å². The average molecular weight is 351 g/mol. The van der Waals surface area contributed by atoms with Gasteiger partial charge in [-0.15, -0.1) is 12.4 Å². The summed E-state index contributed by atoms with van der Waals surface area (Å²) in [5.74, 6) is 2.52. The van der Waals surface area contributed by atoms with E-state index in [4.69, 9.17) is 4.74 Å². The second-order valence-corrected chi connectivity index (χ2v) is 7.41.